The first-order chi connectivity index (χ1) is 5.77. The van der Waals surface area contributed by atoms with Crippen molar-refractivity contribution in [3.05, 3.63) is 37.7 Å². The molecule has 1 heterocycles. The summed E-state index contributed by atoms with van der Waals surface area (Å²) in [5.74, 6) is 0. The lowest BCUT2D eigenvalue weighted by atomic mass is 10.2. The van der Waals surface area contributed by atoms with Crippen LogP contribution in [0.15, 0.2) is 30.6 Å². The van der Waals surface area contributed by atoms with Gasteiger partial charge in [-0.3, -0.25) is 4.98 Å². The largest absolute Gasteiger partial charge is 0.264 e. The zero-order valence-corrected chi connectivity index (χ0v) is 10.4. The van der Waals surface area contributed by atoms with Crippen LogP contribution in [0.4, 0.5) is 0 Å². The third kappa shape index (κ3) is 1.56. The van der Waals surface area contributed by atoms with E-state index in [4.69, 9.17) is 0 Å². The van der Waals surface area contributed by atoms with E-state index < -0.39 is 0 Å². The number of halogens is 2. The molecule has 0 fully saturated rings. The van der Waals surface area contributed by atoms with Crippen molar-refractivity contribution in [3.8, 4) is 0 Å². The van der Waals surface area contributed by atoms with Gasteiger partial charge in [-0.25, -0.2) is 0 Å². The molecule has 0 atom stereocenters. The molecule has 1 nitrogen and oxygen atoms in total. The molecule has 3 heteroatoms. The van der Waals surface area contributed by atoms with Gasteiger partial charge in [-0.1, -0.05) is 0 Å². The molecule has 1 aromatic heterocycles. The molecule has 0 aliphatic heterocycles. The van der Waals surface area contributed by atoms with E-state index in [-0.39, 0.29) is 0 Å². The molecule has 0 amide bonds. The average molecular weight is 381 g/mol. The Hall–Kier alpha value is 0.0900. The SMILES string of the molecule is Ic1cc(I)c2ccncc2c1. The van der Waals surface area contributed by atoms with E-state index in [9.17, 15) is 0 Å². The predicted molar refractivity (Wildman–Crippen MR) is 67.2 cm³/mol. The number of fused-ring (bicyclic) bond motifs is 1. The van der Waals surface area contributed by atoms with Crippen molar-refractivity contribution < 1.29 is 0 Å². The van der Waals surface area contributed by atoms with E-state index in [0.29, 0.717) is 0 Å². The Morgan fingerprint density at radius 2 is 2.00 bits per heavy atom. The zero-order chi connectivity index (χ0) is 8.55. The van der Waals surface area contributed by atoms with Gasteiger partial charge in [0.15, 0.2) is 0 Å². The summed E-state index contributed by atoms with van der Waals surface area (Å²) < 4.78 is 2.55. The summed E-state index contributed by atoms with van der Waals surface area (Å²) in [4.78, 5) is 4.09. The second-order valence-electron chi connectivity index (χ2n) is 2.48. The van der Waals surface area contributed by atoms with E-state index in [1.165, 1.54) is 17.9 Å². The lowest BCUT2D eigenvalue weighted by Gasteiger charge is -2.00. The molecule has 2 rings (SSSR count). The fourth-order valence-electron chi connectivity index (χ4n) is 1.13. The Balaban J connectivity index is 2.89. The van der Waals surface area contributed by atoms with Gasteiger partial charge < -0.3 is 0 Å². The Kier molecular flexibility index (Phi) is 2.49. The van der Waals surface area contributed by atoms with Crippen LogP contribution in [0.5, 0.6) is 0 Å². The Bertz CT molecular complexity index is 426. The Labute approximate surface area is 97.9 Å². The first kappa shape index (κ1) is 8.68. The summed E-state index contributed by atoms with van der Waals surface area (Å²) in [6.45, 7) is 0. The molecule has 0 bridgehead atoms. The highest BCUT2D eigenvalue weighted by Crippen LogP contribution is 2.22. The van der Waals surface area contributed by atoms with Gasteiger partial charge in [0.2, 0.25) is 0 Å². The monoisotopic (exact) mass is 381 g/mol. The van der Waals surface area contributed by atoms with Gasteiger partial charge in [0, 0.05) is 24.9 Å². The second kappa shape index (κ2) is 3.45. The quantitative estimate of drug-likeness (QED) is 0.638. The zero-order valence-electron chi connectivity index (χ0n) is 6.09. The van der Waals surface area contributed by atoms with Gasteiger partial charge in [-0.15, -0.1) is 0 Å². The van der Waals surface area contributed by atoms with Gasteiger partial charge in [0.25, 0.3) is 0 Å². The maximum absolute atomic E-state index is 4.09. The first-order valence-electron chi connectivity index (χ1n) is 3.46. The number of hydrogen-bond acceptors (Lipinski definition) is 1. The summed E-state index contributed by atoms with van der Waals surface area (Å²) in [7, 11) is 0. The third-order valence-electron chi connectivity index (χ3n) is 1.67. The fraction of sp³-hybridized carbons (Fsp3) is 0. The molecule has 2 aromatic rings. The Morgan fingerprint density at radius 3 is 2.83 bits per heavy atom. The molecule has 0 saturated heterocycles. The van der Waals surface area contributed by atoms with Crippen molar-refractivity contribution in [2.75, 3.05) is 0 Å². The predicted octanol–water partition coefficient (Wildman–Crippen LogP) is 3.44. The normalized spacial score (nSPS) is 10.5. The summed E-state index contributed by atoms with van der Waals surface area (Å²) >= 11 is 4.67. The number of rotatable bonds is 0. The van der Waals surface area contributed by atoms with Gasteiger partial charge in [0.05, 0.1) is 0 Å². The minimum Gasteiger partial charge on any atom is -0.264 e. The van der Waals surface area contributed by atoms with Crippen molar-refractivity contribution >= 4 is 56.0 Å². The molecule has 12 heavy (non-hydrogen) atoms. The highest BCUT2D eigenvalue weighted by atomic mass is 127. The molecule has 0 aliphatic carbocycles. The highest BCUT2D eigenvalue weighted by Gasteiger charge is 1.98. The van der Waals surface area contributed by atoms with E-state index in [2.05, 4.69) is 62.3 Å². The molecular weight excluding hydrogens is 376 g/mol. The first-order valence-corrected chi connectivity index (χ1v) is 5.62. The fourth-order valence-corrected chi connectivity index (χ4v) is 3.20. The lowest BCUT2D eigenvalue weighted by Crippen LogP contribution is -1.81. The molecule has 0 saturated carbocycles. The molecule has 60 valence electrons. The van der Waals surface area contributed by atoms with Crippen LogP contribution in [0.25, 0.3) is 10.8 Å². The third-order valence-corrected chi connectivity index (χ3v) is 3.18. The molecule has 0 aliphatic rings. The lowest BCUT2D eigenvalue weighted by molar-refractivity contribution is 1.36. The van der Waals surface area contributed by atoms with Gasteiger partial charge in [-0.05, 0) is 68.8 Å². The van der Waals surface area contributed by atoms with E-state index >= 15 is 0 Å². The summed E-state index contributed by atoms with van der Waals surface area (Å²) in [5, 5.41) is 2.50. The van der Waals surface area contributed by atoms with Crippen LogP contribution in [0.2, 0.25) is 0 Å². The van der Waals surface area contributed by atoms with Crippen LogP contribution in [-0.4, -0.2) is 4.98 Å². The van der Waals surface area contributed by atoms with Crippen molar-refractivity contribution in [2.45, 2.75) is 0 Å². The standard InChI is InChI=1S/C9H5I2N/c10-7-3-6-5-12-2-1-8(6)9(11)4-7/h1-5H. The molecule has 0 spiro atoms. The van der Waals surface area contributed by atoms with Crippen LogP contribution in [0, 0.1) is 7.14 Å². The maximum Gasteiger partial charge on any atom is 0.0347 e. The van der Waals surface area contributed by atoms with Gasteiger partial charge in [-0.2, -0.15) is 0 Å². The van der Waals surface area contributed by atoms with Crippen LogP contribution >= 0.6 is 45.2 Å². The minimum atomic E-state index is 1.22. The van der Waals surface area contributed by atoms with Gasteiger partial charge >= 0.3 is 0 Å². The molecule has 0 radical (unpaired) electrons. The van der Waals surface area contributed by atoms with E-state index in [1.807, 2.05) is 18.5 Å². The van der Waals surface area contributed by atoms with Crippen molar-refractivity contribution in [1.29, 1.82) is 0 Å². The smallest absolute Gasteiger partial charge is 0.0347 e. The molecule has 0 unspecified atom stereocenters. The average Bonchev–Trinajstić information content (AvgIpc) is 2.04. The number of aromatic nitrogens is 1. The maximum atomic E-state index is 4.09. The Morgan fingerprint density at radius 1 is 1.17 bits per heavy atom. The summed E-state index contributed by atoms with van der Waals surface area (Å²) in [5.41, 5.74) is 0. The summed E-state index contributed by atoms with van der Waals surface area (Å²) in [6.07, 6.45) is 3.73. The number of pyridine rings is 1. The molecule has 1 aromatic carbocycles. The molecule has 0 N–H and O–H groups in total. The highest BCUT2D eigenvalue weighted by molar-refractivity contribution is 14.1. The van der Waals surface area contributed by atoms with Crippen LogP contribution < -0.4 is 0 Å². The van der Waals surface area contributed by atoms with Crippen LogP contribution in [-0.2, 0) is 0 Å². The minimum absolute atomic E-state index is 1.22. The van der Waals surface area contributed by atoms with E-state index in [1.54, 1.807) is 0 Å². The van der Waals surface area contributed by atoms with Crippen LogP contribution in [0.3, 0.4) is 0 Å². The molecular formula is C9H5I2N. The topological polar surface area (TPSA) is 12.9 Å². The van der Waals surface area contributed by atoms with Crippen molar-refractivity contribution in [3.63, 3.8) is 0 Å². The van der Waals surface area contributed by atoms with Crippen LogP contribution in [0.1, 0.15) is 0 Å². The second-order valence-corrected chi connectivity index (χ2v) is 4.89. The summed E-state index contributed by atoms with van der Waals surface area (Å²) in [6, 6.07) is 6.36. The number of benzene rings is 1. The number of nitrogens with zero attached hydrogens (tertiary/aromatic N) is 1. The van der Waals surface area contributed by atoms with E-state index in [0.717, 1.165) is 0 Å². The van der Waals surface area contributed by atoms with Crippen molar-refractivity contribution in [1.82, 2.24) is 4.98 Å². The van der Waals surface area contributed by atoms with Crippen molar-refractivity contribution in [2.24, 2.45) is 0 Å². The van der Waals surface area contributed by atoms with Gasteiger partial charge in [0.1, 0.15) is 0 Å². The number of hydrogen-bond donors (Lipinski definition) is 0.